The molecule has 3 heteroatoms. The molecule has 2 nitrogen and oxygen atoms in total. The van der Waals surface area contributed by atoms with Crippen molar-refractivity contribution in [3.05, 3.63) is 34.3 Å². The molecule has 0 fully saturated rings. The first-order chi connectivity index (χ1) is 8.10. The van der Waals surface area contributed by atoms with Gasteiger partial charge in [-0.05, 0) is 37.5 Å². The molecule has 1 aromatic rings. The molecule has 0 bridgehead atoms. The molecule has 0 amide bonds. The van der Waals surface area contributed by atoms with Crippen LogP contribution in [0.2, 0.25) is 5.02 Å². The number of hydrogen-bond donors (Lipinski definition) is 1. The lowest BCUT2D eigenvalue weighted by Crippen LogP contribution is -2.22. The molecule has 0 aliphatic rings. The monoisotopic (exact) mass is 256 g/mol. The number of aliphatic hydroxyl groups is 1. The van der Waals surface area contributed by atoms with E-state index in [-0.39, 0.29) is 6.10 Å². The van der Waals surface area contributed by atoms with Crippen LogP contribution in [0.25, 0.3) is 0 Å². The average Bonchev–Trinajstić information content (AvgIpc) is 2.31. The summed E-state index contributed by atoms with van der Waals surface area (Å²) in [7, 11) is 0. The number of ether oxygens (including phenoxy) is 1. The average molecular weight is 257 g/mol. The fourth-order valence-electron chi connectivity index (χ4n) is 1.84. The van der Waals surface area contributed by atoms with E-state index in [1.54, 1.807) is 0 Å². The summed E-state index contributed by atoms with van der Waals surface area (Å²) in [6.07, 6.45) is 1.08. The lowest BCUT2D eigenvalue weighted by molar-refractivity contribution is -0.0384. The molecular formula is C14H21ClO2. The second-order valence-electron chi connectivity index (χ2n) is 4.24. The second-order valence-corrected chi connectivity index (χ2v) is 4.64. The van der Waals surface area contributed by atoms with Crippen molar-refractivity contribution in [3.8, 4) is 0 Å². The van der Waals surface area contributed by atoms with Gasteiger partial charge in [0, 0.05) is 11.6 Å². The molecule has 0 aromatic heterocycles. The van der Waals surface area contributed by atoms with E-state index in [4.69, 9.17) is 16.3 Å². The highest BCUT2D eigenvalue weighted by atomic mass is 35.5. The van der Waals surface area contributed by atoms with Crippen LogP contribution in [-0.2, 0) is 4.74 Å². The molecule has 96 valence electrons. The van der Waals surface area contributed by atoms with Crippen molar-refractivity contribution in [2.75, 3.05) is 6.61 Å². The van der Waals surface area contributed by atoms with Crippen LogP contribution in [0.3, 0.4) is 0 Å². The Bertz CT molecular complexity index is 346. The maximum absolute atomic E-state index is 10.3. The lowest BCUT2D eigenvalue weighted by atomic mass is 10.00. The number of hydrogen-bond acceptors (Lipinski definition) is 2. The molecule has 0 aliphatic carbocycles. The standard InChI is InChI=1S/C14H21ClO2/c1-4-6-13(17-5-2)14(16)11-8-7-10(3)12(15)9-11/h7-9,13-14,16H,4-6H2,1-3H3. The molecule has 2 unspecified atom stereocenters. The van der Waals surface area contributed by atoms with Crippen LogP contribution < -0.4 is 0 Å². The zero-order valence-electron chi connectivity index (χ0n) is 10.7. The number of halogens is 1. The molecule has 0 aliphatic heterocycles. The predicted molar refractivity (Wildman–Crippen MR) is 71.5 cm³/mol. The first kappa shape index (κ1) is 14.5. The highest BCUT2D eigenvalue weighted by Crippen LogP contribution is 2.26. The fraction of sp³-hybridized carbons (Fsp3) is 0.571. The van der Waals surface area contributed by atoms with Gasteiger partial charge in [0.05, 0.1) is 6.10 Å². The van der Waals surface area contributed by atoms with Crippen LogP contribution >= 0.6 is 11.6 Å². The molecule has 0 spiro atoms. The number of rotatable bonds is 6. The van der Waals surface area contributed by atoms with Gasteiger partial charge >= 0.3 is 0 Å². The highest BCUT2D eigenvalue weighted by molar-refractivity contribution is 6.31. The van der Waals surface area contributed by atoms with Gasteiger partial charge in [-0.2, -0.15) is 0 Å². The van der Waals surface area contributed by atoms with Crippen molar-refractivity contribution in [2.45, 2.75) is 45.8 Å². The predicted octanol–water partition coefficient (Wildman–Crippen LogP) is 3.89. The Balaban J connectivity index is 2.84. The van der Waals surface area contributed by atoms with Crippen molar-refractivity contribution in [3.63, 3.8) is 0 Å². The quantitative estimate of drug-likeness (QED) is 0.837. The van der Waals surface area contributed by atoms with Crippen LogP contribution in [-0.4, -0.2) is 17.8 Å². The number of aryl methyl sites for hydroxylation is 1. The van der Waals surface area contributed by atoms with Gasteiger partial charge in [0.25, 0.3) is 0 Å². The molecule has 0 saturated heterocycles. The van der Waals surface area contributed by atoms with Crippen molar-refractivity contribution < 1.29 is 9.84 Å². The van der Waals surface area contributed by atoms with Crippen LogP contribution in [0.15, 0.2) is 18.2 Å². The summed E-state index contributed by atoms with van der Waals surface area (Å²) in [6.45, 7) is 6.59. The van der Waals surface area contributed by atoms with Gasteiger partial charge in [-0.3, -0.25) is 0 Å². The zero-order valence-corrected chi connectivity index (χ0v) is 11.5. The Morgan fingerprint density at radius 2 is 2.06 bits per heavy atom. The van der Waals surface area contributed by atoms with Gasteiger partial charge in [0.15, 0.2) is 0 Å². The molecule has 0 radical (unpaired) electrons. The molecule has 1 rings (SSSR count). The molecule has 17 heavy (non-hydrogen) atoms. The third-order valence-electron chi connectivity index (χ3n) is 2.84. The smallest absolute Gasteiger partial charge is 0.105 e. The zero-order chi connectivity index (χ0) is 12.8. The highest BCUT2D eigenvalue weighted by Gasteiger charge is 2.20. The Kier molecular flexibility index (Phi) is 5.96. The maximum Gasteiger partial charge on any atom is 0.105 e. The van der Waals surface area contributed by atoms with E-state index in [1.807, 2.05) is 32.0 Å². The van der Waals surface area contributed by atoms with E-state index in [2.05, 4.69) is 6.92 Å². The van der Waals surface area contributed by atoms with Gasteiger partial charge in [0.2, 0.25) is 0 Å². The Hall–Kier alpha value is -0.570. The van der Waals surface area contributed by atoms with Gasteiger partial charge in [0.1, 0.15) is 6.10 Å². The van der Waals surface area contributed by atoms with Crippen molar-refractivity contribution in [2.24, 2.45) is 0 Å². The minimum Gasteiger partial charge on any atom is -0.386 e. The van der Waals surface area contributed by atoms with Crippen LogP contribution in [0, 0.1) is 6.92 Å². The lowest BCUT2D eigenvalue weighted by Gasteiger charge is -2.23. The minimum absolute atomic E-state index is 0.149. The van der Waals surface area contributed by atoms with E-state index in [9.17, 15) is 5.11 Å². The molecule has 2 atom stereocenters. The summed E-state index contributed by atoms with van der Waals surface area (Å²) in [5.74, 6) is 0. The third kappa shape index (κ3) is 3.98. The first-order valence-electron chi connectivity index (χ1n) is 6.15. The fourth-order valence-corrected chi connectivity index (χ4v) is 2.03. The molecule has 0 saturated carbocycles. The summed E-state index contributed by atoms with van der Waals surface area (Å²) >= 11 is 6.06. The maximum atomic E-state index is 10.3. The molecule has 0 heterocycles. The van der Waals surface area contributed by atoms with Crippen molar-refractivity contribution in [1.82, 2.24) is 0 Å². The van der Waals surface area contributed by atoms with Crippen LogP contribution in [0.1, 0.15) is 43.9 Å². The van der Waals surface area contributed by atoms with Crippen LogP contribution in [0.5, 0.6) is 0 Å². The Morgan fingerprint density at radius 1 is 1.35 bits per heavy atom. The summed E-state index contributed by atoms with van der Waals surface area (Å²) < 4.78 is 5.58. The summed E-state index contributed by atoms with van der Waals surface area (Å²) in [5.41, 5.74) is 1.85. The topological polar surface area (TPSA) is 29.5 Å². The van der Waals surface area contributed by atoms with Gasteiger partial charge < -0.3 is 9.84 Å². The Morgan fingerprint density at radius 3 is 2.59 bits per heavy atom. The molecule has 1 aromatic carbocycles. The Labute approximate surface area is 109 Å². The van der Waals surface area contributed by atoms with E-state index < -0.39 is 6.10 Å². The summed E-state index contributed by atoms with van der Waals surface area (Å²) in [6, 6.07) is 5.66. The second kappa shape index (κ2) is 7.00. The first-order valence-corrected chi connectivity index (χ1v) is 6.53. The number of benzene rings is 1. The molecular weight excluding hydrogens is 236 g/mol. The van der Waals surface area contributed by atoms with E-state index in [0.717, 1.165) is 24.0 Å². The van der Waals surface area contributed by atoms with E-state index in [0.29, 0.717) is 11.6 Å². The largest absolute Gasteiger partial charge is 0.386 e. The normalized spacial score (nSPS) is 14.6. The minimum atomic E-state index is -0.604. The summed E-state index contributed by atoms with van der Waals surface area (Å²) in [5, 5.41) is 11.0. The summed E-state index contributed by atoms with van der Waals surface area (Å²) in [4.78, 5) is 0. The number of aliphatic hydroxyl groups excluding tert-OH is 1. The van der Waals surface area contributed by atoms with Crippen molar-refractivity contribution >= 4 is 11.6 Å². The third-order valence-corrected chi connectivity index (χ3v) is 3.25. The van der Waals surface area contributed by atoms with Gasteiger partial charge in [-0.25, -0.2) is 0 Å². The van der Waals surface area contributed by atoms with Gasteiger partial charge in [-0.15, -0.1) is 0 Å². The molecule has 1 N–H and O–H groups in total. The SMILES string of the molecule is CCCC(OCC)C(O)c1ccc(C)c(Cl)c1. The van der Waals surface area contributed by atoms with Gasteiger partial charge in [-0.1, -0.05) is 37.1 Å². The van der Waals surface area contributed by atoms with Crippen molar-refractivity contribution in [1.29, 1.82) is 0 Å². The van der Waals surface area contributed by atoms with E-state index in [1.165, 1.54) is 0 Å². The van der Waals surface area contributed by atoms with Crippen LogP contribution in [0.4, 0.5) is 0 Å². The van der Waals surface area contributed by atoms with E-state index >= 15 is 0 Å².